The van der Waals surface area contributed by atoms with Crippen molar-refractivity contribution < 1.29 is 28.6 Å². The maximum atomic E-state index is 13.7. The second-order valence-corrected chi connectivity index (χ2v) is 16.0. The SMILES string of the molecule is C=CCOC(=O)N1c2cc(O[Si](C(C)C)(C(C)C)C(C)C)c(OC)cc2C(=O)N2CCCC[C@H]2C1O. The van der Waals surface area contributed by atoms with Gasteiger partial charge in [0.25, 0.3) is 14.2 Å². The van der Waals surface area contributed by atoms with Crippen molar-refractivity contribution in [3.63, 3.8) is 0 Å². The van der Waals surface area contributed by atoms with E-state index in [1.807, 2.05) is 0 Å². The van der Waals surface area contributed by atoms with Crippen molar-refractivity contribution >= 4 is 26.0 Å². The number of carbonyl (C=O) groups excluding carboxylic acids is 2. The zero-order chi connectivity index (χ0) is 26.8. The molecule has 0 radical (unpaired) electrons. The summed E-state index contributed by atoms with van der Waals surface area (Å²) in [5.41, 5.74) is 1.46. The lowest BCUT2D eigenvalue weighted by Crippen LogP contribution is -2.55. The van der Waals surface area contributed by atoms with E-state index in [0.717, 1.165) is 12.8 Å². The second-order valence-electron chi connectivity index (χ2n) is 10.7. The molecule has 1 aromatic rings. The topological polar surface area (TPSA) is 88.5 Å². The molecule has 2 heterocycles. The molecule has 0 saturated carbocycles. The van der Waals surface area contributed by atoms with Crippen LogP contribution in [0.25, 0.3) is 0 Å². The first-order valence-corrected chi connectivity index (χ1v) is 15.1. The Morgan fingerprint density at radius 2 is 1.78 bits per heavy atom. The van der Waals surface area contributed by atoms with Crippen molar-refractivity contribution in [1.82, 2.24) is 4.90 Å². The number of carbonyl (C=O) groups is 2. The minimum absolute atomic E-state index is 0.0106. The van der Waals surface area contributed by atoms with Crippen molar-refractivity contribution in [3.8, 4) is 11.5 Å². The minimum Gasteiger partial charge on any atom is -0.540 e. The molecule has 2 amide bonds. The predicted octanol–water partition coefficient (Wildman–Crippen LogP) is 5.71. The van der Waals surface area contributed by atoms with E-state index in [1.165, 1.54) is 11.0 Å². The normalized spacial score (nSPS) is 20.2. The minimum atomic E-state index is -2.39. The van der Waals surface area contributed by atoms with E-state index in [4.69, 9.17) is 13.9 Å². The third kappa shape index (κ3) is 4.87. The highest BCUT2D eigenvalue weighted by Crippen LogP contribution is 2.47. The Hall–Kier alpha value is -2.52. The van der Waals surface area contributed by atoms with Crippen molar-refractivity contribution in [3.05, 3.63) is 30.4 Å². The molecule has 0 bridgehead atoms. The highest BCUT2D eigenvalue weighted by atomic mass is 28.4. The fourth-order valence-electron chi connectivity index (χ4n) is 6.10. The number of aliphatic hydroxyl groups is 1. The van der Waals surface area contributed by atoms with Crippen molar-refractivity contribution in [2.75, 3.05) is 25.2 Å². The van der Waals surface area contributed by atoms with Crippen LogP contribution >= 0.6 is 0 Å². The molecule has 1 saturated heterocycles. The van der Waals surface area contributed by atoms with Crippen LogP contribution in [0.4, 0.5) is 10.5 Å². The molecule has 200 valence electrons. The number of amides is 2. The van der Waals surface area contributed by atoms with Crippen molar-refractivity contribution in [1.29, 1.82) is 0 Å². The van der Waals surface area contributed by atoms with E-state index in [1.54, 1.807) is 24.1 Å². The number of fused-ring (bicyclic) bond motifs is 2. The molecule has 0 aromatic heterocycles. The molecule has 2 aliphatic rings. The fourth-order valence-corrected chi connectivity index (χ4v) is 11.3. The highest BCUT2D eigenvalue weighted by Gasteiger charge is 2.49. The van der Waals surface area contributed by atoms with Gasteiger partial charge in [0, 0.05) is 12.6 Å². The molecule has 36 heavy (non-hydrogen) atoms. The molecule has 2 aliphatic heterocycles. The van der Waals surface area contributed by atoms with Crippen LogP contribution in [0.5, 0.6) is 11.5 Å². The summed E-state index contributed by atoms with van der Waals surface area (Å²) in [5.74, 6) is 0.670. The van der Waals surface area contributed by atoms with Gasteiger partial charge in [-0.1, -0.05) is 54.2 Å². The second kappa shape index (κ2) is 11.3. The van der Waals surface area contributed by atoms with Crippen molar-refractivity contribution in [2.24, 2.45) is 0 Å². The molecule has 1 N–H and O–H groups in total. The van der Waals surface area contributed by atoms with E-state index in [9.17, 15) is 14.7 Å². The van der Waals surface area contributed by atoms with Gasteiger partial charge in [-0.25, -0.2) is 9.69 Å². The van der Waals surface area contributed by atoms with E-state index in [0.29, 0.717) is 41.1 Å². The Morgan fingerprint density at radius 3 is 2.33 bits per heavy atom. The number of ether oxygens (including phenoxy) is 2. The number of nitrogens with zero attached hydrogens (tertiary/aromatic N) is 2. The smallest absolute Gasteiger partial charge is 0.416 e. The molecule has 1 fully saturated rings. The number of aliphatic hydroxyl groups excluding tert-OH is 1. The number of piperidine rings is 1. The Balaban J connectivity index is 2.24. The van der Waals surface area contributed by atoms with Crippen LogP contribution in [-0.2, 0) is 4.74 Å². The number of rotatable bonds is 8. The van der Waals surface area contributed by atoms with Crippen LogP contribution in [0.3, 0.4) is 0 Å². The first kappa shape index (κ1) is 28.1. The van der Waals surface area contributed by atoms with Crippen LogP contribution in [0.1, 0.15) is 71.2 Å². The van der Waals surface area contributed by atoms with E-state index in [-0.39, 0.29) is 23.8 Å². The quantitative estimate of drug-likeness (QED) is 0.351. The monoisotopic (exact) mass is 518 g/mol. The van der Waals surface area contributed by atoms with Crippen molar-refractivity contribution in [2.45, 2.75) is 89.7 Å². The summed E-state index contributed by atoms with van der Waals surface area (Å²) in [7, 11) is -0.845. The van der Waals surface area contributed by atoms with Gasteiger partial charge in [0.2, 0.25) is 0 Å². The molecule has 0 spiro atoms. The van der Waals surface area contributed by atoms with E-state index < -0.39 is 26.7 Å². The van der Waals surface area contributed by atoms with Gasteiger partial charge in [-0.2, -0.15) is 0 Å². The maximum absolute atomic E-state index is 13.7. The van der Waals surface area contributed by atoms with Crippen LogP contribution < -0.4 is 14.1 Å². The molecule has 3 rings (SSSR count). The van der Waals surface area contributed by atoms with Gasteiger partial charge in [0.05, 0.1) is 24.4 Å². The molecule has 9 heteroatoms. The zero-order valence-electron chi connectivity index (χ0n) is 22.7. The molecule has 2 atom stereocenters. The largest absolute Gasteiger partial charge is 0.540 e. The van der Waals surface area contributed by atoms with Gasteiger partial charge < -0.3 is 23.9 Å². The number of methoxy groups -OCH3 is 1. The zero-order valence-corrected chi connectivity index (χ0v) is 23.7. The summed E-state index contributed by atoms with van der Waals surface area (Å²) in [6.07, 6.45) is 1.78. The van der Waals surface area contributed by atoms with Crippen LogP contribution in [0.2, 0.25) is 16.6 Å². The maximum Gasteiger partial charge on any atom is 0.416 e. The molecule has 1 unspecified atom stereocenters. The van der Waals surface area contributed by atoms with Gasteiger partial charge >= 0.3 is 6.09 Å². The number of hydrogen-bond donors (Lipinski definition) is 1. The van der Waals surface area contributed by atoms with Gasteiger partial charge in [0.1, 0.15) is 12.4 Å². The molecule has 1 aromatic carbocycles. The van der Waals surface area contributed by atoms with Crippen LogP contribution in [-0.4, -0.2) is 62.9 Å². The van der Waals surface area contributed by atoms with Gasteiger partial charge in [-0.05, 0) is 42.0 Å². The Kier molecular flexibility index (Phi) is 8.77. The lowest BCUT2D eigenvalue weighted by molar-refractivity contribution is 0.0233. The summed E-state index contributed by atoms with van der Waals surface area (Å²) in [6, 6.07) is 2.79. The van der Waals surface area contributed by atoms with Gasteiger partial charge in [0.15, 0.2) is 12.0 Å². The summed E-state index contributed by atoms with van der Waals surface area (Å²) in [4.78, 5) is 29.8. The van der Waals surface area contributed by atoms with E-state index in [2.05, 4.69) is 48.1 Å². The summed E-state index contributed by atoms with van der Waals surface area (Å²) < 4.78 is 18.0. The number of anilines is 1. The Labute approximate surface area is 216 Å². The third-order valence-electron chi connectivity index (χ3n) is 7.71. The lowest BCUT2D eigenvalue weighted by Gasteiger charge is -2.42. The molecular formula is C27H42N2O6Si. The molecular weight excluding hydrogens is 476 g/mol. The van der Waals surface area contributed by atoms with E-state index >= 15 is 0 Å². The average molecular weight is 519 g/mol. The summed E-state index contributed by atoms with van der Waals surface area (Å²) >= 11 is 0. The fraction of sp³-hybridized carbons (Fsp3) is 0.630. The predicted molar refractivity (Wildman–Crippen MR) is 143 cm³/mol. The third-order valence-corrected chi connectivity index (χ3v) is 13.7. The first-order valence-electron chi connectivity index (χ1n) is 13.0. The Bertz CT molecular complexity index is 957. The highest BCUT2D eigenvalue weighted by molar-refractivity contribution is 6.78. The first-order chi connectivity index (χ1) is 17.0. The summed E-state index contributed by atoms with van der Waals surface area (Å²) in [5, 5.41) is 11.4. The Morgan fingerprint density at radius 1 is 1.14 bits per heavy atom. The average Bonchev–Trinajstić information content (AvgIpc) is 2.92. The van der Waals surface area contributed by atoms with Crippen LogP contribution in [0.15, 0.2) is 24.8 Å². The van der Waals surface area contributed by atoms with Gasteiger partial charge in [-0.3, -0.25) is 4.79 Å². The standard InChI is InChI=1S/C27H42N2O6Si/c1-9-14-34-27(32)29-22-16-24(35-36(17(2)3,18(4)5)19(6)7)23(33-8)15-20(22)25(30)28-13-11-10-12-21(28)26(29)31/h9,15-19,21,26,31H,1,10-14H2,2-8H3/t21-,26?/m0/s1. The lowest BCUT2D eigenvalue weighted by atomic mass is 10.0. The number of hydrogen-bond acceptors (Lipinski definition) is 6. The summed E-state index contributed by atoms with van der Waals surface area (Å²) in [6.45, 7) is 17.2. The van der Waals surface area contributed by atoms with Gasteiger partial charge in [-0.15, -0.1) is 0 Å². The molecule has 0 aliphatic carbocycles. The number of benzene rings is 1. The molecule has 8 nitrogen and oxygen atoms in total. The van der Waals surface area contributed by atoms with Crippen LogP contribution in [0, 0.1) is 0 Å².